The van der Waals surface area contributed by atoms with Gasteiger partial charge in [0.05, 0.1) is 11.4 Å². The summed E-state index contributed by atoms with van der Waals surface area (Å²) in [6.45, 7) is 0.391. The van der Waals surface area contributed by atoms with Crippen LogP contribution in [0.2, 0.25) is 5.02 Å². The summed E-state index contributed by atoms with van der Waals surface area (Å²) in [6.07, 6.45) is 0.768. The van der Waals surface area contributed by atoms with E-state index in [0.717, 1.165) is 23.2 Å². The number of para-hydroxylation sites is 1. The standard InChI is InChI=1S/C23H21ClN2O3S/c24-20-12-10-18(11-13-20)16-25(30(28,29)21-7-2-1-3-8-21)17-23(27)26-15-14-19-6-4-5-9-22(19)26/h1-13H,14-17H2. The maximum absolute atomic E-state index is 13.3. The van der Waals surface area contributed by atoms with Crippen molar-refractivity contribution >= 4 is 33.2 Å². The molecule has 0 radical (unpaired) electrons. The van der Waals surface area contributed by atoms with E-state index in [0.29, 0.717) is 11.6 Å². The average molecular weight is 441 g/mol. The fraction of sp³-hybridized carbons (Fsp3) is 0.174. The molecule has 5 nitrogen and oxygen atoms in total. The molecule has 1 amide bonds. The molecule has 0 atom stereocenters. The summed E-state index contributed by atoms with van der Waals surface area (Å²) in [7, 11) is -3.86. The molecule has 0 N–H and O–H groups in total. The van der Waals surface area contributed by atoms with Gasteiger partial charge in [0.15, 0.2) is 0 Å². The molecular formula is C23H21ClN2O3S. The van der Waals surface area contributed by atoms with Crippen molar-refractivity contribution in [3.8, 4) is 0 Å². The minimum atomic E-state index is -3.86. The zero-order valence-electron chi connectivity index (χ0n) is 16.2. The third-order valence-corrected chi connectivity index (χ3v) is 7.21. The lowest BCUT2D eigenvalue weighted by molar-refractivity contribution is -0.118. The predicted octanol–water partition coefficient (Wildman–Crippen LogP) is 4.12. The van der Waals surface area contributed by atoms with E-state index in [-0.39, 0.29) is 23.9 Å². The SMILES string of the molecule is O=C(CN(Cc1ccc(Cl)cc1)S(=O)(=O)c1ccccc1)N1CCc2ccccc21. The van der Waals surface area contributed by atoms with Crippen LogP contribution in [0.15, 0.2) is 83.8 Å². The van der Waals surface area contributed by atoms with Crippen molar-refractivity contribution in [2.45, 2.75) is 17.9 Å². The second kappa shape index (κ2) is 8.60. The molecule has 0 saturated heterocycles. The van der Waals surface area contributed by atoms with Crippen molar-refractivity contribution in [1.82, 2.24) is 4.31 Å². The van der Waals surface area contributed by atoms with E-state index < -0.39 is 10.0 Å². The van der Waals surface area contributed by atoms with Crippen LogP contribution in [0.4, 0.5) is 5.69 Å². The Balaban J connectivity index is 1.63. The predicted molar refractivity (Wildman–Crippen MR) is 118 cm³/mol. The lowest BCUT2D eigenvalue weighted by Crippen LogP contribution is -2.42. The van der Waals surface area contributed by atoms with Crippen LogP contribution in [0, 0.1) is 0 Å². The number of carbonyl (C=O) groups excluding carboxylic acids is 1. The fourth-order valence-corrected chi connectivity index (χ4v) is 5.12. The molecule has 0 fully saturated rings. The van der Waals surface area contributed by atoms with Crippen LogP contribution in [0.3, 0.4) is 0 Å². The number of hydrogen-bond donors (Lipinski definition) is 0. The highest BCUT2D eigenvalue weighted by Crippen LogP contribution is 2.28. The van der Waals surface area contributed by atoms with Crippen LogP contribution in [0.25, 0.3) is 0 Å². The Morgan fingerprint density at radius 1 is 0.933 bits per heavy atom. The third-order valence-electron chi connectivity index (χ3n) is 5.15. The maximum atomic E-state index is 13.3. The molecule has 3 aromatic rings. The van der Waals surface area contributed by atoms with E-state index in [1.54, 1.807) is 59.5 Å². The van der Waals surface area contributed by atoms with Crippen molar-refractivity contribution in [1.29, 1.82) is 0 Å². The van der Waals surface area contributed by atoms with Gasteiger partial charge in [-0.3, -0.25) is 4.79 Å². The van der Waals surface area contributed by atoms with Gasteiger partial charge in [-0.05, 0) is 47.9 Å². The second-order valence-electron chi connectivity index (χ2n) is 7.14. The van der Waals surface area contributed by atoms with Crippen LogP contribution in [-0.2, 0) is 27.8 Å². The van der Waals surface area contributed by atoms with Gasteiger partial charge in [-0.1, -0.05) is 60.1 Å². The highest BCUT2D eigenvalue weighted by molar-refractivity contribution is 7.89. The number of rotatable bonds is 6. The molecule has 0 spiro atoms. The van der Waals surface area contributed by atoms with Crippen molar-refractivity contribution in [3.05, 3.63) is 95.0 Å². The van der Waals surface area contributed by atoms with Crippen LogP contribution in [0.5, 0.6) is 0 Å². The number of halogens is 1. The van der Waals surface area contributed by atoms with Crippen LogP contribution in [-0.4, -0.2) is 31.7 Å². The molecular weight excluding hydrogens is 420 g/mol. The third kappa shape index (κ3) is 4.26. The van der Waals surface area contributed by atoms with E-state index in [2.05, 4.69) is 0 Å². The monoisotopic (exact) mass is 440 g/mol. The number of benzene rings is 3. The molecule has 154 valence electrons. The number of amides is 1. The van der Waals surface area contributed by atoms with Gasteiger partial charge >= 0.3 is 0 Å². The molecule has 7 heteroatoms. The average Bonchev–Trinajstić information content (AvgIpc) is 3.19. The first-order valence-corrected chi connectivity index (χ1v) is 11.4. The first kappa shape index (κ1) is 20.6. The largest absolute Gasteiger partial charge is 0.311 e. The van der Waals surface area contributed by atoms with Crippen LogP contribution in [0.1, 0.15) is 11.1 Å². The Bertz CT molecular complexity index is 1150. The smallest absolute Gasteiger partial charge is 0.243 e. The molecule has 1 aliphatic heterocycles. The van der Waals surface area contributed by atoms with Gasteiger partial charge in [-0.25, -0.2) is 8.42 Å². The molecule has 1 heterocycles. The fourth-order valence-electron chi connectivity index (χ4n) is 3.59. The Morgan fingerprint density at radius 2 is 1.60 bits per heavy atom. The summed E-state index contributed by atoms with van der Waals surface area (Å²) < 4.78 is 27.9. The molecule has 3 aromatic carbocycles. The van der Waals surface area contributed by atoms with Gasteiger partial charge < -0.3 is 4.90 Å². The first-order valence-electron chi connectivity index (χ1n) is 9.63. The summed E-state index contributed by atoms with van der Waals surface area (Å²) in [4.78, 5) is 15.0. The Labute approximate surface area is 181 Å². The van der Waals surface area contributed by atoms with Crippen LogP contribution < -0.4 is 4.90 Å². The molecule has 0 aliphatic carbocycles. The van der Waals surface area contributed by atoms with Crippen molar-refractivity contribution < 1.29 is 13.2 Å². The zero-order valence-corrected chi connectivity index (χ0v) is 17.8. The molecule has 0 unspecified atom stereocenters. The Hall–Kier alpha value is -2.67. The number of fused-ring (bicyclic) bond motifs is 1. The van der Waals surface area contributed by atoms with Gasteiger partial charge in [-0.15, -0.1) is 0 Å². The number of nitrogens with zero attached hydrogens (tertiary/aromatic N) is 2. The summed E-state index contributed by atoms with van der Waals surface area (Å²) in [5.74, 6) is -0.242. The number of carbonyl (C=O) groups is 1. The quantitative estimate of drug-likeness (QED) is 0.579. The molecule has 0 bridgehead atoms. The summed E-state index contributed by atoms with van der Waals surface area (Å²) in [5, 5.41) is 0.570. The first-order chi connectivity index (χ1) is 14.4. The minimum Gasteiger partial charge on any atom is -0.311 e. The highest BCUT2D eigenvalue weighted by Gasteiger charge is 2.31. The highest BCUT2D eigenvalue weighted by atomic mass is 35.5. The van der Waals surface area contributed by atoms with Crippen molar-refractivity contribution in [2.24, 2.45) is 0 Å². The van der Waals surface area contributed by atoms with E-state index >= 15 is 0 Å². The molecule has 4 rings (SSSR count). The Morgan fingerprint density at radius 3 is 2.33 bits per heavy atom. The molecule has 0 saturated carbocycles. The molecule has 30 heavy (non-hydrogen) atoms. The van der Waals surface area contributed by atoms with Gasteiger partial charge in [0.25, 0.3) is 0 Å². The van der Waals surface area contributed by atoms with Gasteiger partial charge in [0.2, 0.25) is 15.9 Å². The van der Waals surface area contributed by atoms with E-state index in [1.165, 1.54) is 4.31 Å². The second-order valence-corrected chi connectivity index (χ2v) is 9.51. The van der Waals surface area contributed by atoms with Crippen molar-refractivity contribution in [2.75, 3.05) is 18.0 Å². The maximum Gasteiger partial charge on any atom is 0.243 e. The topological polar surface area (TPSA) is 57.7 Å². The van der Waals surface area contributed by atoms with E-state index in [4.69, 9.17) is 11.6 Å². The van der Waals surface area contributed by atoms with E-state index in [9.17, 15) is 13.2 Å². The van der Waals surface area contributed by atoms with Crippen molar-refractivity contribution in [3.63, 3.8) is 0 Å². The lowest BCUT2D eigenvalue weighted by Gasteiger charge is -2.25. The zero-order chi connectivity index (χ0) is 21.1. The van der Waals surface area contributed by atoms with Crippen LogP contribution >= 0.6 is 11.6 Å². The summed E-state index contributed by atoms with van der Waals surface area (Å²) in [5.41, 5.74) is 2.71. The van der Waals surface area contributed by atoms with E-state index in [1.807, 2.05) is 24.3 Å². The van der Waals surface area contributed by atoms with Gasteiger partial charge in [0.1, 0.15) is 0 Å². The minimum absolute atomic E-state index is 0.0790. The lowest BCUT2D eigenvalue weighted by atomic mass is 10.2. The molecule has 1 aliphatic rings. The Kier molecular flexibility index (Phi) is 5.90. The summed E-state index contributed by atoms with van der Waals surface area (Å²) >= 11 is 5.96. The normalized spacial score (nSPS) is 13.5. The number of hydrogen-bond acceptors (Lipinski definition) is 3. The number of anilines is 1. The van der Waals surface area contributed by atoms with Gasteiger partial charge in [-0.2, -0.15) is 4.31 Å². The number of sulfonamides is 1. The van der Waals surface area contributed by atoms with Gasteiger partial charge in [0, 0.05) is 23.8 Å². The summed E-state index contributed by atoms with van der Waals surface area (Å²) in [6, 6.07) is 22.9. The molecule has 0 aromatic heterocycles.